The predicted molar refractivity (Wildman–Crippen MR) is 75.0 cm³/mol. The van der Waals surface area contributed by atoms with Crippen LogP contribution >= 0.6 is 0 Å². The van der Waals surface area contributed by atoms with Gasteiger partial charge in [-0.3, -0.25) is 9.00 Å². The van der Waals surface area contributed by atoms with Crippen LogP contribution in [0.3, 0.4) is 0 Å². The lowest BCUT2D eigenvalue weighted by atomic mass is 10.1. The van der Waals surface area contributed by atoms with E-state index in [1.165, 1.54) is 13.2 Å². The van der Waals surface area contributed by atoms with Crippen molar-refractivity contribution in [3.63, 3.8) is 0 Å². The molecule has 6 heteroatoms. The number of rotatable bonds is 5. The molecule has 0 spiro atoms. The van der Waals surface area contributed by atoms with Crippen molar-refractivity contribution in [2.45, 2.75) is 4.90 Å². The van der Waals surface area contributed by atoms with E-state index in [0.717, 1.165) is 12.1 Å². The third-order valence-corrected chi connectivity index (χ3v) is 4.17. The van der Waals surface area contributed by atoms with E-state index in [1.807, 2.05) is 0 Å². The molecule has 2 rings (SSSR count). The van der Waals surface area contributed by atoms with E-state index in [4.69, 9.17) is 4.74 Å². The molecule has 0 aliphatic rings. The van der Waals surface area contributed by atoms with Gasteiger partial charge in [-0.25, -0.2) is 8.78 Å². The minimum absolute atomic E-state index is 0.0165. The molecule has 0 N–H and O–H groups in total. The van der Waals surface area contributed by atoms with E-state index in [9.17, 15) is 17.8 Å². The molecule has 3 nitrogen and oxygen atoms in total. The molecule has 0 saturated heterocycles. The number of methoxy groups -OCH3 is 1. The highest BCUT2D eigenvalue weighted by Crippen LogP contribution is 2.22. The van der Waals surface area contributed by atoms with Crippen LogP contribution < -0.4 is 4.74 Å². The normalized spacial score (nSPS) is 12.0. The van der Waals surface area contributed by atoms with E-state index < -0.39 is 28.2 Å². The summed E-state index contributed by atoms with van der Waals surface area (Å²) in [6.45, 7) is 0. The highest BCUT2D eigenvalue weighted by Gasteiger charge is 2.16. The van der Waals surface area contributed by atoms with Crippen LogP contribution in [-0.4, -0.2) is 22.9 Å². The summed E-state index contributed by atoms with van der Waals surface area (Å²) in [6, 6.07) is 9.46. The van der Waals surface area contributed by atoms with Gasteiger partial charge in [0, 0.05) is 5.56 Å². The highest BCUT2D eigenvalue weighted by molar-refractivity contribution is 7.86. The quantitative estimate of drug-likeness (QED) is 0.798. The summed E-state index contributed by atoms with van der Waals surface area (Å²) in [5, 5.41) is 0. The van der Waals surface area contributed by atoms with Gasteiger partial charge < -0.3 is 4.74 Å². The van der Waals surface area contributed by atoms with Crippen molar-refractivity contribution in [2.75, 3.05) is 12.9 Å². The van der Waals surface area contributed by atoms with Crippen molar-refractivity contribution in [2.24, 2.45) is 0 Å². The van der Waals surface area contributed by atoms with Crippen LogP contribution in [0.4, 0.5) is 8.78 Å². The Morgan fingerprint density at radius 1 is 1.14 bits per heavy atom. The van der Waals surface area contributed by atoms with Gasteiger partial charge in [0.25, 0.3) is 0 Å². The maximum atomic E-state index is 13.1. The molecule has 1 atom stereocenters. The SMILES string of the molecule is COc1ccccc1S(=O)CC(=O)c1ccc(F)c(F)c1. The molecule has 1 unspecified atom stereocenters. The molecular weight excluding hydrogens is 298 g/mol. The van der Waals surface area contributed by atoms with Crippen LogP contribution in [0.2, 0.25) is 0 Å². The molecule has 2 aromatic rings. The Labute approximate surface area is 123 Å². The van der Waals surface area contributed by atoms with Gasteiger partial charge in [0.2, 0.25) is 0 Å². The molecule has 0 saturated carbocycles. The average molecular weight is 310 g/mol. The van der Waals surface area contributed by atoms with E-state index in [2.05, 4.69) is 0 Å². The topological polar surface area (TPSA) is 43.4 Å². The molecule has 21 heavy (non-hydrogen) atoms. The van der Waals surface area contributed by atoms with Crippen molar-refractivity contribution in [1.82, 2.24) is 0 Å². The number of carbonyl (C=O) groups excluding carboxylic acids is 1. The second-order valence-electron chi connectivity index (χ2n) is 4.19. The zero-order chi connectivity index (χ0) is 15.4. The lowest BCUT2D eigenvalue weighted by Gasteiger charge is -2.07. The summed E-state index contributed by atoms with van der Waals surface area (Å²) in [5.74, 6) is -2.58. The second-order valence-corrected chi connectivity index (χ2v) is 5.61. The van der Waals surface area contributed by atoms with E-state index in [-0.39, 0.29) is 11.3 Å². The smallest absolute Gasteiger partial charge is 0.175 e. The molecule has 0 aliphatic heterocycles. The third kappa shape index (κ3) is 3.52. The lowest BCUT2D eigenvalue weighted by molar-refractivity contribution is 0.102. The molecular formula is C15H12F2O3S. The largest absolute Gasteiger partial charge is 0.495 e. The Hall–Kier alpha value is -2.08. The molecule has 0 radical (unpaired) electrons. The van der Waals surface area contributed by atoms with Crippen molar-refractivity contribution in [3.05, 3.63) is 59.7 Å². The summed E-state index contributed by atoms with van der Waals surface area (Å²) in [5.41, 5.74) is -0.0165. The monoisotopic (exact) mass is 310 g/mol. The zero-order valence-electron chi connectivity index (χ0n) is 11.1. The molecule has 2 aromatic carbocycles. The Kier molecular flexibility index (Phi) is 4.80. The predicted octanol–water partition coefficient (Wildman–Crippen LogP) is 2.96. The van der Waals surface area contributed by atoms with Gasteiger partial charge in [-0.1, -0.05) is 12.1 Å². The summed E-state index contributed by atoms with van der Waals surface area (Å²) in [4.78, 5) is 12.4. The Morgan fingerprint density at radius 3 is 2.52 bits per heavy atom. The number of hydrogen-bond donors (Lipinski definition) is 0. The number of carbonyl (C=O) groups is 1. The third-order valence-electron chi connectivity index (χ3n) is 2.82. The number of ketones is 1. The first kappa shape index (κ1) is 15.3. The molecule has 0 aromatic heterocycles. The number of para-hydroxylation sites is 1. The molecule has 0 aliphatic carbocycles. The highest BCUT2D eigenvalue weighted by atomic mass is 32.2. The number of Topliss-reactive ketones (excluding diaryl/α,β-unsaturated/α-hetero) is 1. The molecule has 0 heterocycles. The van der Waals surface area contributed by atoms with Gasteiger partial charge in [-0.05, 0) is 30.3 Å². The van der Waals surface area contributed by atoms with Gasteiger partial charge in [-0.2, -0.15) is 0 Å². The van der Waals surface area contributed by atoms with Crippen LogP contribution in [0.1, 0.15) is 10.4 Å². The van der Waals surface area contributed by atoms with Crippen LogP contribution in [-0.2, 0) is 10.8 Å². The summed E-state index contributed by atoms with van der Waals surface area (Å²) in [6.07, 6.45) is 0. The van der Waals surface area contributed by atoms with Gasteiger partial charge in [0.1, 0.15) is 5.75 Å². The summed E-state index contributed by atoms with van der Waals surface area (Å²) >= 11 is 0. The van der Waals surface area contributed by atoms with Crippen molar-refractivity contribution in [1.29, 1.82) is 0 Å². The summed E-state index contributed by atoms with van der Waals surface area (Å²) in [7, 11) is -0.190. The maximum Gasteiger partial charge on any atom is 0.175 e. The van der Waals surface area contributed by atoms with E-state index in [0.29, 0.717) is 10.6 Å². The maximum absolute atomic E-state index is 13.1. The van der Waals surface area contributed by atoms with Gasteiger partial charge in [0.05, 0.1) is 28.6 Å². The van der Waals surface area contributed by atoms with Crippen LogP contribution in [0.15, 0.2) is 47.4 Å². The fourth-order valence-electron chi connectivity index (χ4n) is 1.76. The first-order chi connectivity index (χ1) is 10.0. The Bertz CT molecular complexity index is 701. The van der Waals surface area contributed by atoms with Crippen LogP contribution in [0.25, 0.3) is 0 Å². The fourth-order valence-corrected chi connectivity index (χ4v) is 2.92. The van der Waals surface area contributed by atoms with Gasteiger partial charge in [0.15, 0.2) is 17.4 Å². The Morgan fingerprint density at radius 2 is 1.86 bits per heavy atom. The standard InChI is InChI=1S/C15H12F2O3S/c1-20-14-4-2-3-5-15(14)21(19)9-13(18)10-6-7-11(16)12(17)8-10/h2-8H,9H2,1H3. The minimum Gasteiger partial charge on any atom is -0.495 e. The van der Waals surface area contributed by atoms with Crippen molar-refractivity contribution in [3.8, 4) is 5.75 Å². The first-order valence-corrected chi connectivity index (χ1v) is 7.34. The molecule has 0 bridgehead atoms. The second kappa shape index (κ2) is 6.58. The summed E-state index contributed by atoms with van der Waals surface area (Å²) < 4.78 is 43.2. The molecule has 0 fully saturated rings. The van der Waals surface area contributed by atoms with E-state index >= 15 is 0 Å². The van der Waals surface area contributed by atoms with Crippen LogP contribution in [0, 0.1) is 11.6 Å². The zero-order valence-corrected chi connectivity index (χ0v) is 12.0. The number of ether oxygens (including phenoxy) is 1. The van der Waals surface area contributed by atoms with Crippen molar-refractivity contribution < 1.29 is 22.5 Å². The average Bonchev–Trinajstić information content (AvgIpc) is 2.49. The van der Waals surface area contributed by atoms with Crippen LogP contribution in [0.5, 0.6) is 5.75 Å². The van der Waals surface area contributed by atoms with Gasteiger partial charge in [-0.15, -0.1) is 0 Å². The number of hydrogen-bond acceptors (Lipinski definition) is 3. The lowest BCUT2D eigenvalue weighted by Crippen LogP contribution is -2.12. The van der Waals surface area contributed by atoms with Crippen molar-refractivity contribution >= 4 is 16.6 Å². The van der Waals surface area contributed by atoms with Gasteiger partial charge >= 0.3 is 0 Å². The molecule has 110 valence electrons. The van der Waals surface area contributed by atoms with E-state index in [1.54, 1.807) is 24.3 Å². The number of benzene rings is 2. The molecule has 0 amide bonds. The number of halogens is 2. The fraction of sp³-hybridized carbons (Fsp3) is 0.133. The minimum atomic E-state index is -1.63. The first-order valence-electron chi connectivity index (χ1n) is 6.02. The Balaban J connectivity index is 2.19.